The first-order valence-corrected chi connectivity index (χ1v) is 7.03. The van der Waals surface area contributed by atoms with E-state index in [2.05, 4.69) is 4.98 Å². The Bertz CT molecular complexity index is 769. The number of carbonyl (C=O) groups is 1. The molecule has 0 unspecified atom stereocenters. The third-order valence-corrected chi connectivity index (χ3v) is 3.51. The molecule has 1 amide bonds. The van der Waals surface area contributed by atoms with E-state index in [-0.39, 0.29) is 11.3 Å². The van der Waals surface area contributed by atoms with Gasteiger partial charge in [-0.05, 0) is 18.6 Å². The molecule has 1 N–H and O–H groups in total. The van der Waals surface area contributed by atoms with Gasteiger partial charge in [-0.1, -0.05) is 30.1 Å². The molecule has 112 valence electrons. The molecule has 21 heavy (non-hydrogen) atoms. The first-order chi connectivity index (χ1) is 9.85. The zero-order valence-electron chi connectivity index (χ0n) is 11.8. The molecule has 0 saturated heterocycles. The van der Waals surface area contributed by atoms with Gasteiger partial charge in [-0.25, -0.2) is 4.79 Å². The van der Waals surface area contributed by atoms with Crippen LogP contribution in [0.3, 0.4) is 0 Å². The average Bonchev–Trinajstić information content (AvgIpc) is 2.40. The molecule has 5 nitrogen and oxygen atoms in total. The van der Waals surface area contributed by atoms with E-state index < -0.39 is 6.09 Å². The fraction of sp³-hybridized carbons (Fsp3) is 0.286. The summed E-state index contributed by atoms with van der Waals surface area (Å²) in [5.74, 6) is 0.194. The van der Waals surface area contributed by atoms with Crippen molar-refractivity contribution in [2.45, 2.75) is 13.3 Å². The summed E-state index contributed by atoms with van der Waals surface area (Å²) in [5.41, 5.74) is 0.427. The van der Waals surface area contributed by atoms with Gasteiger partial charge in [0.25, 0.3) is 5.56 Å². The normalized spacial score (nSPS) is 10.7. The molecule has 1 aromatic carbocycles. The number of fused-ring (bicyclic) bond motifs is 1. The number of nitrogens with one attached hydrogen (secondary N) is 1. The number of ether oxygens (including phenoxy) is 1. The number of nitrogens with zero attached hydrogens (tertiary/aromatic N) is 1. The molecular weight excluding hydrogens is 315 g/mol. The quantitative estimate of drug-likeness (QED) is 0.918. The number of carbonyl (C=O) groups excluding carboxylic acids is 1. The highest BCUT2D eigenvalue weighted by molar-refractivity contribution is 6.38. The maximum atomic E-state index is 12.1. The lowest BCUT2D eigenvalue weighted by Crippen LogP contribution is -2.27. The van der Waals surface area contributed by atoms with E-state index in [0.717, 1.165) is 0 Å². The number of aromatic amines is 1. The minimum atomic E-state index is -0.576. The summed E-state index contributed by atoms with van der Waals surface area (Å²) < 4.78 is 5.35. The van der Waals surface area contributed by atoms with Gasteiger partial charge in [0, 0.05) is 24.5 Å². The molecule has 0 aliphatic heterocycles. The first-order valence-electron chi connectivity index (χ1n) is 6.28. The molecular formula is C14H14Cl2N2O3. The zero-order chi connectivity index (χ0) is 15.7. The lowest BCUT2D eigenvalue weighted by molar-refractivity contribution is 0.172. The van der Waals surface area contributed by atoms with Crippen LogP contribution in [0.15, 0.2) is 16.9 Å². The van der Waals surface area contributed by atoms with Crippen molar-refractivity contribution < 1.29 is 9.53 Å². The Kier molecular flexibility index (Phi) is 4.44. The van der Waals surface area contributed by atoms with E-state index in [1.165, 1.54) is 11.0 Å². The average molecular weight is 329 g/mol. The lowest BCUT2D eigenvalue weighted by atomic mass is 10.1. The predicted octanol–water partition coefficient (Wildman–Crippen LogP) is 3.46. The van der Waals surface area contributed by atoms with Crippen molar-refractivity contribution in [1.82, 2.24) is 9.88 Å². The number of hydrogen-bond acceptors (Lipinski definition) is 3. The molecule has 1 heterocycles. The largest absolute Gasteiger partial charge is 0.414 e. The molecule has 0 fully saturated rings. The van der Waals surface area contributed by atoms with Crippen molar-refractivity contribution in [2.75, 3.05) is 14.1 Å². The summed E-state index contributed by atoms with van der Waals surface area (Å²) in [6.07, 6.45) is -0.168. The molecule has 0 aliphatic rings. The number of pyridine rings is 1. The van der Waals surface area contributed by atoms with Crippen molar-refractivity contribution in [3.05, 3.63) is 38.1 Å². The third kappa shape index (κ3) is 2.99. The van der Waals surface area contributed by atoms with Crippen LogP contribution in [0, 0.1) is 0 Å². The smallest absolute Gasteiger partial charge is 0.409 e. The van der Waals surface area contributed by atoms with Crippen LogP contribution in [0.2, 0.25) is 10.0 Å². The van der Waals surface area contributed by atoms with Gasteiger partial charge >= 0.3 is 6.09 Å². The number of aromatic nitrogens is 1. The Morgan fingerprint density at radius 2 is 2.00 bits per heavy atom. The standard InChI is InChI=1S/C14H14Cl2N2O3/c1-4-8-12(21-14(20)18(2)3)9-5-7(15)6-10(16)11(9)17-13(8)19/h5-6H,4H2,1-3H3,(H,17,19). The highest BCUT2D eigenvalue weighted by Crippen LogP contribution is 2.33. The molecule has 0 radical (unpaired) electrons. The molecule has 2 aromatic rings. The Balaban J connectivity index is 2.80. The number of halogens is 2. The monoisotopic (exact) mass is 328 g/mol. The fourth-order valence-electron chi connectivity index (χ4n) is 1.95. The summed E-state index contributed by atoms with van der Waals surface area (Å²) in [5, 5.41) is 1.18. The van der Waals surface area contributed by atoms with Gasteiger partial charge in [0.1, 0.15) is 0 Å². The number of rotatable bonds is 2. The van der Waals surface area contributed by atoms with E-state index >= 15 is 0 Å². The second-order valence-electron chi connectivity index (χ2n) is 4.69. The van der Waals surface area contributed by atoms with Gasteiger partial charge in [0.15, 0.2) is 5.75 Å². The van der Waals surface area contributed by atoms with E-state index in [4.69, 9.17) is 27.9 Å². The first kappa shape index (κ1) is 15.7. The van der Waals surface area contributed by atoms with Crippen LogP contribution >= 0.6 is 23.2 Å². The van der Waals surface area contributed by atoms with E-state index in [0.29, 0.717) is 32.9 Å². The third-order valence-electron chi connectivity index (χ3n) is 2.99. The van der Waals surface area contributed by atoms with Gasteiger partial charge in [-0.2, -0.15) is 0 Å². The Labute approximate surface area is 131 Å². The Morgan fingerprint density at radius 3 is 2.57 bits per heavy atom. The Morgan fingerprint density at radius 1 is 1.33 bits per heavy atom. The minimum Gasteiger partial charge on any atom is -0.409 e. The van der Waals surface area contributed by atoms with Crippen LogP contribution in [0.1, 0.15) is 12.5 Å². The summed E-state index contributed by atoms with van der Waals surface area (Å²) in [4.78, 5) is 27.9. The summed E-state index contributed by atoms with van der Waals surface area (Å²) in [6.45, 7) is 1.80. The lowest BCUT2D eigenvalue weighted by Gasteiger charge is -2.15. The van der Waals surface area contributed by atoms with Crippen molar-refractivity contribution in [2.24, 2.45) is 0 Å². The Hall–Kier alpha value is -1.72. The van der Waals surface area contributed by atoms with Gasteiger partial charge in [0.05, 0.1) is 16.1 Å². The molecule has 0 bridgehead atoms. The van der Waals surface area contributed by atoms with Gasteiger partial charge in [0.2, 0.25) is 0 Å². The number of H-pyrrole nitrogens is 1. The van der Waals surface area contributed by atoms with Crippen molar-refractivity contribution in [3.63, 3.8) is 0 Å². The second-order valence-corrected chi connectivity index (χ2v) is 5.53. The molecule has 7 heteroatoms. The van der Waals surface area contributed by atoms with Crippen LogP contribution in [-0.2, 0) is 6.42 Å². The minimum absolute atomic E-state index is 0.194. The van der Waals surface area contributed by atoms with Crippen molar-refractivity contribution in [1.29, 1.82) is 0 Å². The van der Waals surface area contributed by atoms with E-state index in [9.17, 15) is 9.59 Å². The maximum Gasteiger partial charge on any atom is 0.414 e. The van der Waals surface area contributed by atoms with Crippen LogP contribution in [0.4, 0.5) is 4.79 Å². The van der Waals surface area contributed by atoms with Crippen LogP contribution in [-0.4, -0.2) is 30.1 Å². The summed E-state index contributed by atoms with van der Waals surface area (Å²) in [7, 11) is 3.12. The topological polar surface area (TPSA) is 62.4 Å². The predicted molar refractivity (Wildman–Crippen MR) is 83.7 cm³/mol. The van der Waals surface area contributed by atoms with Crippen LogP contribution in [0.5, 0.6) is 5.75 Å². The van der Waals surface area contributed by atoms with Crippen molar-refractivity contribution in [3.8, 4) is 5.75 Å². The SMILES string of the molecule is CCc1c(OC(=O)N(C)C)c2cc(Cl)cc(Cl)c2[nH]c1=O. The highest BCUT2D eigenvalue weighted by Gasteiger charge is 2.19. The number of benzene rings is 1. The summed E-state index contributed by atoms with van der Waals surface area (Å²) >= 11 is 12.1. The molecule has 0 aliphatic carbocycles. The molecule has 0 atom stereocenters. The zero-order valence-corrected chi connectivity index (χ0v) is 13.3. The van der Waals surface area contributed by atoms with E-state index in [1.807, 2.05) is 0 Å². The molecule has 0 spiro atoms. The van der Waals surface area contributed by atoms with E-state index in [1.54, 1.807) is 27.1 Å². The highest BCUT2D eigenvalue weighted by atomic mass is 35.5. The van der Waals surface area contributed by atoms with Crippen LogP contribution in [0.25, 0.3) is 10.9 Å². The van der Waals surface area contributed by atoms with Gasteiger partial charge < -0.3 is 14.6 Å². The van der Waals surface area contributed by atoms with Gasteiger partial charge in [-0.15, -0.1) is 0 Å². The van der Waals surface area contributed by atoms with Crippen molar-refractivity contribution >= 4 is 40.2 Å². The van der Waals surface area contributed by atoms with Gasteiger partial charge in [-0.3, -0.25) is 4.79 Å². The second kappa shape index (κ2) is 5.95. The number of amides is 1. The molecule has 0 saturated carbocycles. The maximum absolute atomic E-state index is 12.1. The fourth-order valence-corrected chi connectivity index (χ4v) is 2.49. The molecule has 1 aromatic heterocycles. The summed E-state index contributed by atoms with van der Waals surface area (Å²) in [6, 6.07) is 3.13. The van der Waals surface area contributed by atoms with Crippen LogP contribution < -0.4 is 10.3 Å². The number of hydrogen-bond donors (Lipinski definition) is 1. The molecule has 2 rings (SSSR count).